The highest BCUT2D eigenvalue weighted by atomic mass is 15.1. The van der Waals surface area contributed by atoms with E-state index in [2.05, 4.69) is 52.1 Å². The third-order valence-corrected chi connectivity index (χ3v) is 4.78. The van der Waals surface area contributed by atoms with Gasteiger partial charge in [-0.1, -0.05) is 43.2 Å². The van der Waals surface area contributed by atoms with Crippen LogP contribution in [0.5, 0.6) is 0 Å². The molecular weight excluding hydrogens is 258 g/mol. The first-order valence-electron chi connectivity index (χ1n) is 8.03. The molecule has 0 bridgehead atoms. The van der Waals surface area contributed by atoms with Crippen molar-refractivity contribution in [2.24, 2.45) is 0 Å². The van der Waals surface area contributed by atoms with Crippen molar-refractivity contribution in [3.8, 4) is 0 Å². The quantitative estimate of drug-likeness (QED) is 0.881. The van der Waals surface area contributed by atoms with E-state index in [-0.39, 0.29) is 0 Å². The van der Waals surface area contributed by atoms with Gasteiger partial charge in [-0.05, 0) is 25.3 Å². The van der Waals surface area contributed by atoms with Gasteiger partial charge in [-0.2, -0.15) is 0 Å². The summed E-state index contributed by atoms with van der Waals surface area (Å²) in [6.45, 7) is 4.31. The molecule has 1 aliphatic carbocycles. The highest BCUT2D eigenvalue weighted by Crippen LogP contribution is 2.40. The van der Waals surface area contributed by atoms with Gasteiger partial charge >= 0.3 is 0 Å². The first-order valence-corrected chi connectivity index (χ1v) is 8.03. The highest BCUT2D eigenvalue weighted by Gasteiger charge is 2.35. The van der Waals surface area contributed by atoms with Gasteiger partial charge in [0, 0.05) is 36.9 Å². The smallest absolute Gasteiger partial charge is 0.0946 e. The maximum Gasteiger partial charge on any atom is 0.0946 e. The molecule has 0 radical (unpaired) electrons. The summed E-state index contributed by atoms with van der Waals surface area (Å²) in [4.78, 5) is 4.11. The van der Waals surface area contributed by atoms with Crippen molar-refractivity contribution in [1.82, 2.24) is 14.9 Å². The zero-order valence-corrected chi connectivity index (χ0v) is 12.8. The molecular formula is C18H25N3. The second-order valence-corrected chi connectivity index (χ2v) is 6.39. The SMILES string of the molecule is C[C@H](Cn1ccnc1)NCC1(c2ccccc2)CCCC1. The molecule has 1 aromatic heterocycles. The lowest BCUT2D eigenvalue weighted by Gasteiger charge is -2.31. The molecule has 0 aliphatic heterocycles. The standard InChI is InChI=1S/C18H25N3/c1-16(13-21-12-11-19-15-21)20-14-18(9-5-6-10-18)17-7-3-2-4-8-17/h2-4,7-8,11-12,15-16,20H,5-6,9-10,13-14H2,1H3/t16-/m1/s1. The highest BCUT2D eigenvalue weighted by molar-refractivity contribution is 5.27. The fourth-order valence-corrected chi connectivity index (χ4v) is 3.56. The summed E-state index contributed by atoms with van der Waals surface area (Å²) in [6.07, 6.45) is 11.1. The van der Waals surface area contributed by atoms with Crippen LogP contribution in [-0.2, 0) is 12.0 Å². The number of aromatic nitrogens is 2. The molecule has 1 atom stereocenters. The van der Waals surface area contributed by atoms with E-state index in [1.807, 2.05) is 18.7 Å². The molecule has 3 heteroatoms. The Hall–Kier alpha value is -1.61. The van der Waals surface area contributed by atoms with Crippen molar-refractivity contribution < 1.29 is 0 Å². The van der Waals surface area contributed by atoms with E-state index >= 15 is 0 Å². The number of hydrogen-bond donors (Lipinski definition) is 1. The lowest BCUT2D eigenvalue weighted by atomic mass is 9.78. The Balaban J connectivity index is 1.63. The first kappa shape index (κ1) is 14.3. The van der Waals surface area contributed by atoms with Gasteiger partial charge in [-0.25, -0.2) is 4.98 Å². The number of nitrogens with one attached hydrogen (secondary N) is 1. The van der Waals surface area contributed by atoms with Gasteiger partial charge in [0.15, 0.2) is 0 Å². The van der Waals surface area contributed by atoms with Gasteiger partial charge in [0.05, 0.1) is 6.33 Å². The minimum absolute atomic E-state index is 0.338. The predicted octanol–water partition coefficient (Wildman–Crippen LogP) is 3.37. The van der Waals surface area contributed by atoms with E-state index in [1.54, 1.807) is 0 Å². The van der Waals surface area contributed by atoms with E-state index in [1.165, 1.54) is 31.2 Å². The van der Waals surface area contributed by atoms with E-state index in [9.17, 15) is 0 Å². The van der Waals surface area contributed by atoms with E-state index < -0.39 is 0 Å². The molecule has 1 saturated carbocycles. The van der Waals surface area contributed by atoms with Crippen LogP contribution >= 0.6 is 0 Å². The molecule has 3 nitrogen and oxygen atoms in total. The van der Waals surface area contributed by atoms with E-state index in [4.69, 9.17) is 0 Å². The topological polar surface area (TPSA) is 29.9 Å². The van der Waals surface area contributed by atoms with Crippen molar-refractivity contribution in [2.75, 3.05) is 6.54 Å². The molecule has 1 N–H and O–H groups in total. The van der Waals surface area contributed by atoms with Crippen molar-refractivity contribution in [3.05, 3.63) is 54.6 Å². The van der Waals surface area contributed by atoms with Crippen molar-refractivity contribution in [1.29, 1.82) is 0 Å². The lowest BCUT2D eigenvalue weighted by Crippen LogP contribution is -2.41. The Kier molecular flexibility index (Phi) is 4.39. The van der Waals surface area contributed by atoms with Crippen LogP contribution in [0.4, 0.5) is 0 Å². The summed E-state index contributed by atoms with van der Waals surface area (Å²) in [6, 6.07) is 11.5. The Morgan fingerprint density at radius 3 is 2.67 bits per heavy atom. The zero-order chi connectivity index (χ0) is 14.5. The van der Waals surface area contributed by atoms with Crippen LogP contribution in [0.15, 0.2) is 49.1 Å². The average Bonchev–Trinajstić information content (AvgIpc) is 3.18. The van der Waals surface area contributed by atoms with Gasteiger partial charge in [0.1, 0.15) is 0 Å². The summed E-state index contributed by atoms with van der Waals surface area (Å²) in [5, 5.41) is 3.75. The summed E-state index contributed by atoms with van der Waals surface area (Å²) in [5.41, 5.74) is 1.84. The Morgan fingerprint density at radius 1 is 1.24 bits per heavy atom. The average molecular weight is 283 g/mol. The normalized spacial score (nSPS) is 18.7. The third kappa shape index (κ3) is 3.35. The molecule has 3 rings (SSSR count). The third-order valence-electron chi connectivity index (χ3n) is 4.78. The zero-order valence-electron chi connectivity index (χ0n) is 12.8. The Labute approximate surface area is 127 Å². The van der Waals surface area contributed by atoms with Gasteiger partial charge in [-0.15, -0.1) is 0 Å². The predicted molar refractivity (Wildman–Crippen MR) is 86.3 cm³/mol. The van der Waals surface area contributed by atoms with Crippen LogP contribution < -0.4 is 5.32 Å². The van der Waals surface area contributed by atoms with Gasteiger partial charge in [-0.3, -0.25) is 0 Å². The molecule has 1 fully saturated rings. The summed E-state index contributed by atoms with van der Waals surface area (Å²) >= 11 is 0. The minimum atomic E-state index is 0.338. The minimum Gasteiger partial charge on any atom is -0.336 e. The number of nitrogens with zero attached hydrogens (tertiary/aromatic N) is 2. The van der Waals surface area contributed by atoms with Crippen molar-refractivity contribution >= 4 is 0 Å². The molecule has 21 heavy (non-hydrogen) atoms. The molecule has 1 heterocycles. The lowest BCUT2D eigenvalue weighted by molar-refractivity contribution is 0.364. The fraction of sp³-hybridized carbons (Fsp3) is 0.500. The van der Waals surface area contributed by atoms with Gasteiger partial charge in [0.2, 0.25) is 0 Å². The maximum absolute atomic E-state index is 4.11. The summed E-state index contributed by atoms with van der Waals surface area (Å²) in [5.74, 6) is 0. The molecule has 0 unspecified atom stereocenters. The monoisotopic (exact) mass is 283 g/mol. The van der Waals surface area contributed by atoms with Gasteiger partial charge in [0.25, 0.3) is 0 Å². The van der Waals surface area contributed by atoms with Crippen LogP contribution in [0.2, 0.25) is 0 Å². The second kappa shape index (κ2) is 6.44. The number of imidazole rings is 1. The van der Waals surface area contributed by atoms with Crippen LogP contribution in [0.3, 0.4) is 0 Å². The first-order chi connectivity index (χ1) is 10.3. The number of rotatable bonds is 6. The van der Waals surface area contributed by atoms with Crippen LogP contribution in [0, 0.1) is 0 Å². The molecule has 112 valence electrons. The van der Waals surface area contributed by atoms with Crippen molar-refractivity contribution in [2.45, 2.75) is 50.6 Å². The number of benzene rings is 1. The molecule has 1 aliphatic rings. The Bertz CT molecular complexity index is 527. The largest absolute Gasteiger partial charge is 0.336 e. The molecule has 0 amide bonds. The van der Waals surface area contributed by atoms with E-state index in [0.717, 1.165) is 13.1 Å². The maximum atomic E-state index is 4.11. The van der Waals surface area contributed by atoms with Gasteiger partial charge < -0.3 is 9.88 Å². The van der Waals surface area contributed by atoms with Crippen LogP contribution in [0.1, 0.15) is 38.2 Å². The van der Waals surface area contributed by atoms with E-state index in [0.29, 0.717) is 11.5 Å². The molecule has 0 saturated heterocycles. The summed E-state index contributed by atoms with van der Waals surface area (Å²) in [7, 11) is 0. The second-order valence-electron chi connectivity index (χ2n) is 6.39. The fourth-order valence-electron chi connectivity index (χ4n) is 3.56. The van der Waals surface area contributed by atoms with Crippen molar-refractivity contribution in [3.63, 3.8) is 0 Å². The summed E-state index contributed by atoms with van der Waals surface area (Å²) < 4.78 is 2.14. The molecule has 0 spiro atoms. The van der Waals surface area contributed by atoms with Crippen LogP contribution in [0.25, 0.3) is 0 Å². The van der Waals surface area contributed by atoms with Crippen LogP contribution in [-0.4, -0.2) is 22.1 Å². The molecule has 1 aromatic carbocycles. The Morgan fingerprint density at radius 2 is 2.00 bits per heavy atom. The number of hydrogen-bond acceptors (Lipinski definition) is 2. The molecule has 2 aromatic rings.